The Morgan fingerprint density at radius 1 is 1.18 bits per heavy atom. The highest BCUT2D eigenvalue weighted by molar-refractivity contribution is 6.03. The number of phenolic OH excluding ortho intramolecular Hbond substituents is 1. The van der Waals surface area contributed by atoms with Crippen LogP contribution in [0.4, 0.5) is 19.0 Å². The first-order valence-electron chi connectivity index (χ1n) is 15.5. The van der Waals surface area contributed by atoms with Gasteiger partial charge in [0.15, 0.2) is 5.82 Å². The second kappa shape index (κ2) is 10.2. The Bertz CT molecular complexity index is 1910. The van der Waals surface area contributed by atoms with E-state index in [2.05, 4.69) is 26.1 Å². The maximum Gasteiger partial charge on any atom is 0.319 e. The number of nitrogens with zero attached hydrogens (tertiary/aromatic N) is 5. The lowest BCUT2D eigenvalue weighted by Crippen LogP contribution is -2.51. The van der Waals surface area contributed by atoms with Crippen LogP contribution in [0.2, 0.25) is 0 Å². The van der Waals surface area contributed by atoms with Gasteiger partial charge in [-0.3, -0.25) is 9.88 Å². The van der Waals surface area contributed by atoms with Crippen LogP contribution in [0.5, 0.6) is 11.8 Å². The van der Waals surface area contributed by atoms with Crippen LogP contribution in [0.1, 0.15) is 39.0 Å². The number of phenols is 1. The molecule has 4 aromatic rings. The van der Waals surface area contributed by atoms with Crippen LogP contribution in [0, 0.1) is 24.0 Å². The number of nitrogens with one attached hydrogen (secondary N) is 1. The number of aromatic hydroxyl groups is 1. The van der Waals surface area contributed by atoms with E-state index in [0.29, 0.717) is 42.6 Å². The molecule has 44 heavy (non-hydrogen) atoms. The van der Waals surface area contributed by atoms with Gasteiger partial charge in [-0.1, -0.05) is 12.0 Å². The zero-order chi connectivity index (χ0) is 31.1. The molecular weight excluding hydrogens is 569 g/mol. The van der Waals surface area contributed by atoms with Gasteiger partial charge in [0.25, 0.3) is 0 Å². The highest BCUT2D eigenvalue weighted by Gasteiger charge is 2.49. The minimum absolute atomic E-state index is 0.0165. The number of alkyl halides is 1. The molecule has 2 aromatic carbocycles. The fourth-order valence-corrected chi connectivity index (χ4v) is 7.71. The zero-order valence-electron chi connectivity index (χ0n) is 24.9. The van der Waals surface area contributed by atoms with Gasteiger partial charge in [0.05, 0.1) is 17.9 Å². The molecule has 2 N–H and O–H groups in total. The first-order chi connectivity index (χ1) is 21.6. The number of hydrogen-bond acceptors (Lipinski definition) is 8. The predicted octanol–water partition coefficient (Wildman–Crippen LogP) is 4.71. The first kappa shape index (κ1) is 26.3. The average Bonchev–Trinajstić information content (AvgIpc) is 3.63. The van der Waals surface area contributed by atoms with Crippen LogP contribution in [-0.4, -0.2) is 81.5 Å². The summed E-state index contributed by atoms with van der Waals surface area (Å²) in [6, 6.07) is 5.90. The number of rotatable bonds is 5. The van der Waals surface area contributed by atoms with Gasteiger partial charge in [0.2, 0.25) is 0 Å². The smallest absolute Gasteiger partial charge is 0.319 e. The Kier molecular flexibility index (Phi) is 6.10. The lowest BCUT2D eigenvalue weighted by Gasteiger charge is -2.34. The number of ether oxygens (including phenoxy) is 1. The number of fused-ring (bicyclic) bond motifs is 5. The van der Waals surface area contributed by atoms with Gasteiger partial charge in [0, 0.05) is 55.3 Å². The number of benzene rings is 2. The Morgan fingerprint density at radius 3 is 2.80 bits per heavy atom. The highest BCUT2D eigenvalue weighted by atomic mass is 19.1. The Balaban J connectivity index is 1.27. The molecule has 2 bridgehead atoms. The summed E-state index contributed by atoms with van der Waals surface area (Å²) in [4.78, 5) is 17.8. The predicted molar refractivity (Wildman–Crippen MR) is 160 cm³/mol. The fraction of sp³-hybridized carbons (Fsp3) is 0.424. The first-order valence-corrected chi connectivity index (χ1v) is 15.0. The van der Waals surface area contributed by atoms with E-state index >= 15 is 4.39 Å². The van der Waals surface area contributed by atoms with Gasteiger partial charge in [-0.05, 0) is 55.8 Å². The van der Waals surface area contributed by atoms with E-state index in [1.54, 1.807) is 0 Å². The molecule has 0 aliphatic carbocycles. The molecule has 0 saturated carbocycles. The third kappa shape index (κ3) is 4.34. The molecule has 0 radical (unpaired) electrons. The Morgan fingerprint density at radius 2 is 2.00 bits per heavy atom. The number of aromatic nitrogens is 3. The van der Waals surface area contributed by atoms with Crippen LogP contribution in [0.3, 0.4) is 0 Å². The minimum atomic E-state index is -2.06. The van der Waals surface area contributed by atoms with E-state index in [0.717, 1.165) is 19.3 Å². The summed E-state index contributed by atoms with van der Waals surface area (Å²) in [7, 11) is 0. The van der Waals surface area contributed by atoms with E-state index in [1.807, 2.05) is 4.90 Å². The molecule has 4 saturated heterocycles. The van der Waals surface area contributed by atoms with Gasteiger partial charge in [0.1, 0.15) is 41.3 Å². The lowest BCUT2D eigenvalue weighted by atomic mass is 9.95. The topological polar surface area (TPSA) is 86.6 Å². The van der Waals surface area contributed by atoms with Crippen molar-refractivity contribution in [2.75, 3.05) is 37.7 Å². The average molecular weight is 602 g/mol. The third-order valence-electron chi connectivity index (χ3n) is 9.70. The zero-order valence-corrected chi connectivity index (χ0v) is 23.9. The minimum Gasteiger partial charge on any atom is -0.508 e. The molecule has 0 spiro atoms. The van der Waals surface area contributed by atoms with Crippen molar-refractivity contribution >= 4 is 27.5 Å². The van der Waals surface area contributed by atoms with E-state index in [-0.39, 0.29) is 71.1 Å². The summed E-state index contributed by atoms with van der Waals surface area (Å²) in [5, 5.41) is 15.2. The molecule has 226 valence electrons. The van der Waals surface area contributed by atoms with Gasteiger partial charge < -0.3 is 20.1 Å². The van der Waals surface area contributed by atoms with Crippen molar-refractivity contribution in [1.82, 2.24) is 25.2 Å². The summed E-state index contributed by atoms with van der Waals surface area (Å²) in [6.07, 6.45) is 8.72. The molecule has 2 aromatic heterocycles. The second-order valence-electron chi connectivity index (χ2n) is 12.4. The summed E-state index contributed by atoms with van der Waals surface area (Å²) >= 11 is 0. The standard InChI is InChI=1S/C33H31F3N6O2/c1-2-23-26(35)7-4-18-10-22(43)11-24(27(18)23)29-28(36)30-25(13-37-29)31(41-15-20-5-6-21(16-41)38-20)40-32(39-30)44-17-33-8-3-9-42(33)14-19(34)12-33/h1,4,7,10-11,13,19-21,38,43H,3,5-6,8-9,12,14-17H2/t19?,20?,21?,33-/m1/s1/i19D. The summed E-state index contributed by atoms with van der Waals surface area (Å²) in [5.74, 6) is 1.23. The van der Waals surface area contributed by atoms with Gasteiger partial charge in [-0.25, -0.2) is 13.2 Å². The monoisotopic (exact) mass is 601 g/mol. The third-order valence-corrected chi connectivity index (χ3v) is 9.70. The van der Waals surface area contributed by atoms with Crippen molar-refractivity contribution in [2.24, 2.45) is 0 Å². The normalized spacial score (nSPS) is 28.4. The van der Waals surface area contributed by atoms with Crippen LogP contribution in [-0.2, 0) is 0 Å². The van der Waals surface area contributed by atoms with Crippen molar-refractivity contribution in [1.29, 1.82) is 0 Å². The molecule has 8 nitrogen and oxygen atoms in total. The molecule has 6 heterocycles. The summed E-state index contributed by atoms with van der Waals surface area (Å²) in [5.41, 5.74) is -0.798. The lowest BCUT2D eigenvalue weighted by molar-refractivity contribution is 0.107. The Hall–Kier alpha value is -4.14. The molecule has 8 rings (SSSR count). The van der Waals surface area contributed by atoms with Crippen LogP contribution >= 0.6 is 0 Å². The number of halogens is 3. The molecular formula is C33H31F3N6O2. The van der Waals surface area contributed by atoms with E-state index in [1.165, 1.54) is 30.5 Å². The highest BCUT2D eigenvalue weighted by Crippen LogP contribution is 2.42. The largest absolute Gasteiger partial charge is 0.508 e. The molecule has 11 heteroatoms. The van der Waals surface area contributed by atoms with Crippen molar-refractivity contribution in [3.05, 3.63) is 47.7 Å². The van der Waals surface area contributed by atoms with E-state index in [9.17, 15) is 13.9 Å². The maximum absolute atomic E-state index is 16.8. The Labute approximate surface area is 253 Å². The number of terminal acetylenes is 1. The summed E-state index contributed by atoms with van der Waals surface area (Å²) < 4.78 is 60.6. The fourth-order valence-electron chi connectivity index (χ4n) is 7.71. The van der Waals surface area contributed by atoms with E-state index in [4.69, 9.17) is 17.5 Å². The van der Waals surface area contributed by atoms with Crippen molar-refractivity contribution in [3.63, 3.8) is 0 Å². The summed E-state index contributed by atoms with van der Waals surface area (Å²) in [6.45, 7) is 2.09. The van der Waals surface area contributed by atoms with Crippen LogP contribution in [0.15, 0.2) is 30.5 Å². The number of hydrogen-bond donors (Lipinski definition) is 2. The van der Waals surface area contributed by atoms with Gasteiger partial charge in [-0.2, -0.15) is 9.97 Å². The number of piperazine rings is 1. The quantitative estimate of drug-likeness (QED) is 0.319. The molecule has 4 atom stereocenters. The molecule has 4 fully saturated rings. The second-order valence-corrected chi connectivity index (χ2v) is 12.4. The van der Waals surface area contributed by atoms with Crippen LogP contribution in [0.25, 0.3) is 32.9 Å². The molecule has 3 unspecified atom stereocenters. The van der Waals surface area contributed by atoms with Gasteiger partial charge >= 0.3 is 6.01 Å². The van der Waals surface area contributed by atoms with Gasteiger partial charge in [-0.15, -0.1) is 6.42 Å². The van der Waals surface area contributed by atoms with Crippen molar-refractivity contribution in [2.45, 2.75) is 55.9 Å². The maximum atomic E-state index is 16.8. The molecule has 4 aliphatic rings. The van der Waals surface area contributed by atoms with E-state index < -0.39 is 23.3 Å². The SMILES string of the molecule is [2H]C1(F)CN2CCC[C@]2(COc2nc(N3CC4CCC(C3)N4)c3cnc(-c4cc(O)cc5ccc(F)c(C#C)c45)c(F)c3n2)C1. The molecule has 4 aliphatic heterocycles. The number of anilines is 1. The number of pyridine rings is 1. The van der Waals surface area contributed by atoms with Crippen molar-refractivity contribution in [3.8, 4) is 35.4 Å². The molecule has 0 amide bonds. The van der Waals surface area contributed by atoms with Crippen LogP contribution < -0.4 is 15.0 Å². The van der Waals surface area contributed by atoms with Crippen molar-refractivity contribution < 1.29 is 24.4 Å².